The van der Waals surface area contributed by atoms with Crippen LogP contribution in [0.5, 0.6) is 5.75 Å². The van der Waals surface area contributed by atoms with Gasteiger partial charge in [0.1, 0.15) is 5.75 Å². The molecule has 0 aromatic heterocycles. The van der Waals surface area contributed by atoms with Gasteiger partial charge in [-0.05, 0) is 111 Å². The van der Waals surface area contributed by atoms with Gasteiger partial charge in [0.15, 0.2) is 0 Å². The number of benzene rings is 3. The van der Waals surface area contributed by atoms with Crippen LogP contribution in [0.15, 0.2) is 72.8 Å². The van der Waals surface area contributed by atoms with E-state index in [2.05, 4.69) is 118 Å². The third kappa shape index (κ3) is 7.95. The molecule has 0 heterocycles. The van der Waals surface area contributed by atoms with Crippen LogP contribution in [-0.2, 0) is 0 Å². The maximum absolute atomic E-state index is 5.39. The Balaban J connectivity index is 1.86. The summed E-state index contributed by atoms with van der Waals surface area (Å²) in [5.41, 5.74) is 5.62. The Morgan fingerprint density at radius 2 is 0.914 bits per heavy atom. The van der Waals surface area contributed by atoms with Crippen LogP contribution in [0.4, 0.5) is 28.4 Å². The molecule has 35 heavy (non-hydrogen) atoms. The number of ether oxygens (including phenoxy) is 1. The van der Waals surface area contributed by atoms with Crippen LogP contribution in [-0.4, -0.2) is 19.2 Å². The molecule has 0 fully saturated rings. The standard InChI is InChI=1S/C31H43N3O/c1-22(2)20-24(5)32-26-8-12-28(13-9-26)34(30-16-18-31(35-7)19-17-30)29-14-10-27(11-15-29)33-25(6)21-23(3)4/h8-19,22-25,32-33H,20-21H2,1-7H3. The van der Waals surface area contributed by atoms with Gasteiger partial charge in [0.25, 0.3) is 0 Å². The Bertz CT molecular complexity index is 949. The molecule has 2 N–H and O–H groups in total. The smallest absolute Gasteiger partial charge is 0.119 e. The van der Waals surface area contributed by atoms with E-state index in [-0.39, 0.29) is 0 Å². The minimum Gasteiger partial charge on any atom is -0.497 e. The minimum atomic E-state index is 0.441. The highest BCUT2D eigenvalue weighted by Gasteiger charge is 2.14. The van der Waals surface area contributed by atoms with Crippen LogP contribution in [0.2, 0.25) is 0 Å². The fourth-order valence-electron chi connectivity index (χ4n) is 4.69. The lowest BCUT2D eigenvalue weighted by Crippen LogP contribution is -2.17. The zero-order valence-corrected chi connectivity index (χ0v) is 22.5. The Hall–Kier alpha value is -3.14. The van der Waals surface area contributed by atoms with Crippen LogP contribution < -0.4 is 20.3 Å². The predicted octanol–water partition coefficient (Wildman–Crippen LogP) is 8.86. The zero-order valence-electron chi connectivity index (χ0n) is 22.5. The Kier molecular flexibility index (Phi) is 9.47. The average Bonchev–Trinajstić information content (AvgIpc) is 2.81. The monoisotopic (exact) mass is 473 g/mol. The summed E-state index contributed by atoms with van der Waals surface area (Å²) >= 11 is 0. The molecule has 0 bridgehead atoms. The van der Waals surface area contributed by atoms with Crippen LogP contribution in [0, 0.1) is 11.8 Å². The summed E-state index contributed by atoms with van der Waals surface area (Å²) in [5, 5.41) is 7.26. The fraction of sp³-hybridized carbons (Fsp3) is 0.419. The topological polar surface area (TPSA) is 36.5 Å². The third-order valence-electron chi connectivity index (χ3n) is 6.06. The second-order valence-corrected chi connectivity index (χ2v) is 10.5. The number of methoxy groups -OCH3 is 1. The zero-order chi connectivity index (χ0) is 25.4. The van der Waals surface area contributed by atoms with E-state index in [1.807, 2.05) is 12.1 Å². The van der Waals surface area contributed by atoms with Crippen LogP contribution >= 0.6 is 0 Å². The van der Waals surface area contributed by atoms with E-state index in [0.717, 1.165) is 47.0 Å². The number of hydrogen-bond donors (Lipinski definition) is 2. The van der Waals surface area contributed by atoms with Crippen molar-refractivity contribution < 1.29 is 4.74 Å². The minimum absolute atomic E-state index is 0.441. The molecule has 3 rings (SSSR count). The molecule has 3 aromatic carbocycles. The molecule has 0 aliphatic carbocycles. The second kappa shape index (κ2) is 12.5. The van der Waals surface area contributed by atoms with Crippen molar-refractivity contribution in [2.24, 2.45) is 11.8 Å². The van der Waals surface area contributed by atoms with E-state index in [9.17, 15) is 0 Å². The molecule has 0 aliphatic rings. The summed E-state index contributed by atoms with van der Waals surface area (Å²) in [6, 6.07) is 26.5. The fourth-order valence-corrected chi connectivity index (χ4v) is 4.69. The number of hydrogen-bond acceptors (Lipinski definition) is 4. The van der Waals surface area contributed by atoms with Crippen molar-refractivity contribution in [3.8, 4) is 5.75 Å². The van der Waals surface area contributed by atoms with E-state index in [1.54, 1.807) is 7.11 Å². The molecule has 188 valence electrons. The summed E-state index contributed by atoms with van der Waals surface area (Å²) in [4.78, 5) is 2.28. The molecule has 2 atom stereocenters. The molecule has 0 saturated heterocycles. The Morgan fingerprint density at radius 1 is 0.571 bits per heavy atom. The second-order valence-electron chi connectivity index (χ2n) is 10.5. The van der Waals surface area contributed by atoms with Crippen molar-refractivity contribution in [2.75, 3.05) is 22.6 Å². The molecule has 2 unspecified atom stereocenters. The molecule has 4 nitrogen and oxygen atoms in total. The van der Waals surface area contributed by atoms with E-state index >= 15 is 0 Å². The first kappa shape index (κ1) is 26.5. The quantitative estimate of drug-likeness (QED) is 0.275. The highest BCUT2D eigenvalue weighted by molar-refractivity contribution is 5.78. The largest absolute Gasteiger partial charge is 0.497 e. The van der Waals surface area contributed by atoms with Gasteiger partial charge in [-0.25, -0.2) is 0 Å². The molecule has 3 aromatic rings. The van der Waals surface area contributed by atoms with Crippen molar-refractivity contribution in [1.82, 2.24) is 0 Å². The molecule has 0 spiro atoms. The molecule has 0 aliphatic heterocycles. The lowest BCUT2D eigenvalue weighted by Gasteiger charge is -2.27. The summed E-state index contributed by atoms with van der Waals surface area (Å²) in [5.74, 6) is 2.20. The Morgan fingerprint density at radius 3 is 1.23 bits per heavy atom. The first-order valence-corrected chi connectivity index (χ1v) is 12.9. The van der Waals surface area contributed by atoms with Crippen molar-refractivity contribution >= 4 is 28.4 Å². The summed E-state index contributed by atoms with van der Waals surface area (Å²) in [7, 11) is 1.70. The number of rotatable bonds is 12. The Labute approximate surface area is 212 Å². The van der Waals surface area contributed by atoms with Gasteiger partial charge in [-0.3, -0.25) is 0 Å². The van der Waals surface area contributed by atoms with Crippen molar-refractivity contribution in [3.63, 3.8) is 0 Å². The first-order chi connectivity index (χ1) is 16.7. The van der Waals surface area contributed by atoms with Crippen LogP contribution in [0.1, 0.15) is 54.4 Å². The maximum Gasteiger partial charge on any atom is 0.119 e. The van der Waals surface area contributed by atoms with Gasteiger partial charge in [-0.2, -0.15) is 0 Å². The SMILES string of the molecule is COc1ccc(N(c2ccc(NC(C)CC(C)C)cc2)c2ccc(NC(C)CC(C)C)cc2)cc1. The van der Waals surface area contributed by atoms with Crippen molar-refractivity contribution in [3.05, 3.63) is 72.8 Å². The van der Waals surface area contributed by atoms with E-state index in [1.165, 1.54) is 0 Å². The van der Waals surface area contributed by atoms with Gasteiger partial charge in [0, 0.05) is 40.5 Å². The van der Waals surface area contributed by atoms with Gasteiger partial charge >= 0.3 is 0 Å². The van der Waals surface area contributed by atoms with Gasteiger partial charge in [0.05, 0.1) is 7.11 Å². The lowest BCUT2D eigenvalue weighted by molar-refractivity contribution is 0.415. The molecule has 0 saturated carbocycles. The van der Waals surface area contributed by atoms with Gasteiger partial charge in [-0.15, -0.1) is 0 Å². The molecule has 0 radical (unpaired) electrons. The lowest BCUT2D eigenvalue weighted by atomic mass is 10.0. The van der Waals surface area contributed by atoms with Crippen LogP contribution in [0.25, 0.3) is 0 Å². The average molecular weight is 474 g/mol. The third-order valence-corrected chi connectivity index (χ3v) is 6.06. The maximum atomic E-state index is 5.39. The summed E-state index contributed by atoms with van der Waals surface area (Å²) in [6.45, 7) is 13.5. The number of nitrogens with one attached hydrogen (secondary N) is 2. The van der Waals surface area contributed by atoms with Gasteiger partial charge < -0.3 is 20.3 Å². The van der Waals surface area contributed by atoms with Crippen molar-refractivity contribution in [2.45, 2.75) is 66.5 Å². The molecular formula is C31H43N3O. The molecule has 4 heteroatoms. The molecular weight excluding hydrogens is 430 g/mol. The van der Waals surface area contributed by atoms with Crippen LogP contribution in [0.3, 0.4) is 0 Å². The predicted molar refractivity (Wildman–Crippen MR) is 153 cm³/mol. The van der Waals surface area contributed by atoms with Crippen molar-refractivity contribution in [1.29, 1.82) is 0 Å². The van der Waals surface area contributed by atoms with Gasteiger partial charge in [0.2, 0.25) is 0 Å². The summed E-state index contributed by atoms with van der Waals surface area (Å²) in [6.07, 6.45) is 2.30. The first-order valence-electron chi connectivity index (χ1n) is 12.9. The molecule has 0 amide bonds. The highest BCUT2D eigenvalue weighted by atomic mass is 16.5. The number of nitrogens with zero attached hydrogens (tertiary/aromatic N) is 1. The van der Waals surface area contributed by atoms with E-state index in [0.29, 0.717) is 23.9 Å². The van der Waals surface area contributed by atoms with E-state index < -0.39 is 0 Å². The van der Waals surface area contributed by atoms with E-state index in [4.69, 9.17) is 4.74 Å². The normalized spacial score (nSPS) is 12.9. The summed E-state index contributed by atoms with van der Waals surface area (Å²) < 4.78 is 5.39. The van der Waals surface area contributed by atoms with Gasteiger partial charge in [-0.1, -0.05) is 27.7 Å². The number of anilines is 5. The highest BCUT2D eigenvalue weighted by Crippen LogP contribution is 2.36.